The van der Waals surface area contributed by atoms with Gasteiger partial charge in [0.25, 0.3) is 5.56 Å². The van der Waals surface area contributed by atoms with Crippen LogP contribution in [0, 0.1) is 0 Å². The summed E-state index contributed by atoms with van der Waals surface area (Å²) in [6.07, 6.45) is 0.909. The van der Waals surface area contributed by atoms with Gasteiger partial charge in [-0.25, -0.2) is 0 Å². The molecule has 1 aliphatic heterocycles. The standard InChI is InChI=1S/C13H14N2O2/c1-15-10-6-3-2-5-9(10)11-12(13(15)16)17-8-4-7-14-11/h2-3,5-6,14H,4,7-8H2,1H3. The van der Waals surface area contributed by atoms with Crippen molar-refractivity contribution < 1.29 is 4.74 Å². The van der Waals surface area contributed by atoms with E-state index in [2.05, 4.69) is 5.32 Å². The second-order valence-electron chi connectivity index (χ2n) is 4.21. The number of pyridine rings is 1. The Hall–Kier alpha value is -1.97. The van der Waals surface area contributed by atoms with E-state index in [0.29, 0.717) is 12.4 Å². The Bertz CT molecular complexity index is 631. The molecule has 0 radical (unpaired) electrons. The molecule has 0 saturated carbocycles. The van der Waals surface area contributed by atoms with Crippen LogP contribution in [0.3, 0.4) is 0 Å². The van der Waals surface area contributed by atoms with Gasteiger partial charge in [-0.05, 0) is 12.5 Å². The second kappa shape index (κ2) is 3.80. The van der Waals surface area contributed by atoms with E-state index < -0.39 is 0 Å². The number of hydrogen-bond donors (Lipinski definition) is 1. The molecule has 2 aromatic rings. The lowest BCUT2D eigenvalue weighted by molar-refractivity contribution is 0.317. The molecule has 1 N–H and O–H groups in total. The third-order valence-corrected chi connectivity index (χ3v) is 3.13. The SMILES string of the molecule is Cn1c(=O)c2c(c3ccccc31)NCCCO2. The molecule has 1 aliphatic rings. The van der Waals surface area contributed by atoms with Crippen LogP contribution in [0.25, 0.3) is 10.9 Å². The molecular formula is C13H14N2O2. The average Bonchev–Trinajstić information content (AvgIpc) is 2.62. The monoisotopic (exact) mass is 230 g/mol. The van der Waals surface area contributed by atoms with Gasteiger partial charge < -0.3 is 14.6 Å². The van der Waals surface area contributed by atoms with E-state index in [0.717, 1.165) is 29.6 Å². The van der Waals surface area contributed by atoms with Crippen molar-refractivity contribution in [1.82, 2.24) is 4.57 Å². The third-order valence-electron chi connectivity index (χ3n) is 3.13. The molecule has 0 amide bonds. The van der Waals surface area contributed by atoms with Crippen LogP contribution in [-0.2, 0) is 7.05 Å². The average molecular weight is 230 g/mol. The van der Waals surface area contributed by atoms with Gasteiger partial charge in [0.05, 0.1) is 17.8 Å². The number of benzene rings is 1. The molecule has 4 heteroatoms. The number of hydrogen-bond acceptors (Lipinski definition) is 3. The first-order chi connectivity index (χ1) is 8.29. The van der Waals surface area contributed by atoms with E-state index in [1.807, 2.05) is 24.3 Å². The summed E-state index contributed by atoms with van der Waals surface area (Å²) in [4.78, 5) is 12.2. The van der Waals surface area contributed by atoms with Crippen LogP contribution in [0.4, 0.5) is 5.69 Å². The number of aromatic nitrogens is 1. The van der Waals surface area contributed by atoms with E-state index in [1.54, 1.807) is 11.6 Å². The van der Waals surface area contributed by atoms with E-state index in [4.69, 9.17) is 4.74 Å². The zero-order valence-corrected chi connectivity index (χ0v) is 9.69. The number of fused-ring (bicyclic) bond motifs is 3. The molecule has 4 nitrogen and oxygen atoms in total. The highest BCUT2D eigenvalue weighted by Gasteiger charge is 2.17. The molecule has 0 spiro atoms. The summed E-state index contributed by atoms with van der Waals surface area (Å²) in [5.74, 6) is 0.448. The zero-order valence-electron chi connectivity index (χ0n) is 9.69. The Morgan fingerprint density at radius 2 is 2.18 bits per heavy atom. The van der Waals surface area contributed by atoms with Crippen molar-refractivity contribution in [2.45, 2.75) is 6.42 Å². The molecule has 0 bridgehead atoms. The molecule has 0 aliphatic carbocycles. The smallest absolute Gasteiger partial charge is 0.295 e. The van der Waals surface area contributed by atoms with Crippen LogP contribution in [0.5, 0.6) is 5.75 Å². The fourth-order valence-corrected chi connectivity index (χ4v) is 2.24. The Labute approximate surface area is 98.8 Å². The summed E-state index contributed by atoms with van der Waals surface area (Å²) < 4.78 is 7.21. The number of anilines is 1. The normalized spacial score (nSPS) is 14.6. The maximum atomic E-state index is 12.2. The Morgan fingerprint density at radius 3 is 3.06 bits per heavy atom. The Balaban J connectivity index is 2.44. The molecule has 88 valence electrons. The van der Waals surface area contributed by atoms with Crippen LogP contribution in [0.15, 0.2) is 29.1 Å². The van der Waals surface area contributed by atoms with E-state index >= 15 is 0 Å². The predicted octanol–water partition coefficient (Wildman–Crippen LogP) is 1.73. The van der Waals surface area contributed by atoms with Gasteiger partial charge in [-0.1, -0.05) is 18.2 Å². The summed E-state index contributed by atoms with van der Waals surface area (Å²) in [5.41, 5.74) is 1.68. The van der Waals surface area contributed by atoms with E-state index in [-0.39, 0.29) is 5.56 Å². The van der Waals surface area contributed by atoms with Gasteiger partial charge >= 0.3 is 0 Å². The van der Waals surface area contributed by atoms with Crippen LogP contribution >= 0.6 is 0 Å². The van der Waals surface area contributed by atoms with Gasteiger partial charge in [-0.3, -0.25) is 4.79 Å². The van der Waals surface area contributed by atoms with Crippen molar-refractivity contribution in [3.63, 3.8) is 0 Å². The summed E-state index contributed by atoms with van der Waals surface area (Å²) >= 11 is 0. The topological polar surface area (TPSA) is 43.3 Å². The van der Waals surface area contributed by atoms with Crippen molar-refractivity contribution in [2.24, 2.45) is 7.05 Å². The first kappa shape index (κ1) is 10.2. The molecule has 3 rings (SSSR count). The summed E-state index contributed by atoms with van der Waals surface area (Å²) in [5, 5.41) is 4.33. The highest BCUT2D eigenvalue weighted by Crippen LogP contribution is 2.30. The fraction of sp³-hybridized carbons (Fsp3) is 0.308. The maximum Gasteiger partial charge on any atom is 0.295 e. The molecular weight excluding hydrogens is 216 g/mol. The highest BCUT2D eigenvalue weighted by atomic mass is 16.5. The van der Waals surface area contributed by atoms with E-state index in [9.17, 15) is 4.79 Å². The number of ether oxygens (including phenoxy) is 1. The second-order valence-corrected chi connectivity index (χ2v) is 4.21. The van der Waals surface area contributed by atoms with Crippen LogP contribution in [0.1, 0.15) is 6.42 Å². The first-order valence-corrected chi connectivity index (χ1v) is 5.77. The van der Waals surface area contributed by atoms with Gasteiger partial charge in [-0.15, -0.1) is 0 Å². The number of nitrogens with one attached hydrogen (secondary N) is 1. The minimum atomic E-state index is -0.0758. The fourth-order valence-electron chi connectivity index (χ4n) is 2.24. The lowest BCUT2D eigenvalue weighted by Gasteiger charge is -2.13. The van der Waals surface area contributed by atoms with Crippen LogP contribution in [0.2, 0.25) is 0 Å². The first-order valence-electron chi connectivity index (χ1n) is 5.77. The van der Waals surface area contributed by atoms with Crippen molar-refractivity contribution in [3.8, 4) is 5.75 Å². The van der Waals surface area contributed by atoms with E-state index in [1.165, 1.54) is 0 Å². The summed E-state index contributed by atoms with van der Waals surface area (Å²) in [6, 6.07) is 7.87. The molecule has 0 unspecified atom stereocenters. The lowest BCUT2D eigenvalue weighted by Crippen LogP contribution is -2.20. The maximum absolute atomic E-state index is 12.2. The number of rotatable bonds is 0. The molecule has 17 heavy (non-hydrogen) atoms. The third kappa shape index (κ3) is 1.48. The van der Waals surface area contributed by atoms with Gasteiger partial charge in [0.1, 0.15) is 0 Å². The lowest BCUT2D eigenvalue weighted by atomic mass is 10.1. The minimum absolute atomic E-state index is 0.0758. The van der Waals surface area contributed by atoms with Crippen molar-refractivity contribution in [1.29, 1.82) is 0 Å². The van der Waals surface area contributed by atoms with Gasteiger partial charge in [0.15, 0.2) is 0 Å². The Kier molecular flexibility index (Phi) is 2.28. The molecule has 2 heterocycles. The van der Waals surface area contributed by atoms with Gasteiger partial charge in [-0.2, -0.15) is 0 Å². The molecule has 1 aromatic carbocycles. The van der Waals surface area contributed by atoms with Crippen molar-refractivity contribution >= 4 is 16.6 Å². The quantitative estimate of drug-likeness (QED) is 0.749. The number of para-hydroxylation sites is 1. The molecule has 0 atom stereocenters. The Morgan fingerprint density at radius 1 is 1.35 bits per heavy atom. The minimum Gasteiger partial charge on any atom is -0.486 e. The highest BCUT2D eigenvalue weighted by molar-refractivity contribution is 5.94. The summed E-state index contributed by atoms with van der Waals surface area (Å²) in [7, 11) is 1.78. The van der Waals surface area contributed by atoms with Crippen molar-refractivity contribution in [2.75, 3.05) is 18.5 Å². The number of nitrogens with zero attached hydrogens (tertiary/aromatic N) is 1. The largest absolute Gasteiger partial charge is 0.486 e. The van der Waals surface area contributed by atoms with Crippen LogP contribution < -0.4 is 15.6 Å². The van der Waals surface area contributed by atoms with Gasteiger partial charge in [0.2, 0.25) is 5.75 Å². The molecule has 1 aromatic heterocycles. The van der Waals surface area contributed by atoms with Gasteiger partial charge in [0, 0.05) is 19.0 Å². The zero-order chi connectivity index (χ0) is 11.8. The van der Waals surface area contributed by atoms with Crippen LogP contribution in [-0.4, -0.2) is 17.7 Å². The number of aryl methyl sites for hydroxylation is 1. The predicted molar refractivity (Wildman–Crippen MR) is 67.8 cm³/mol. The van der Waals surface area contributed by atoms with Crippen molar-refractivity contribution in [3.05, 3.63) is 34.6 Å². The summed E-state index contributed by atoms with van der Waals surface area (Å²) in [6.45, 7) is 1.43. The molecule has 0 saturated heterocycles. The molecule has 0 fully saturated rings.